The number of carboxylic acid groups (broad SMARTS) is 1. The molecule has 72 valence electrons. The normalized spacial score (nSPS) is 15.4. The summed E-state index contributed by atoms with van der Waals surface area (Å²) in [5.41, 5.74) is 5.29. The van der Waals surface area contributed by atoms with Gasteiger partial charge in [-0.3, -0.25) is 0 Å². The number of aliphatic carboxylic acids is 1. The van der Waals surface area contributed by atoms with E-state index < -0.39 is 11.5 Å². The Balaban J connectivity index is 3.22. The van der Waals surface area contributed by atoms with Crippen LogP contribution in [0, 0.1) is 6.92 Å². The second-order valence-corrected chi connectivity index (χ2v) is 4.78. The predicted molar refractivity (Wildman–Crippen MR) is 55.9 cm³/mol. The zero-order valence-electron chi connectivity index (χ0n) is 7.30. The van der Waals surface area contributed by atoms with E-state index in [-0.39, 0.29) is 0 Å². The number of hydrogen-bond donors (Lipinski definition) is 2. The highest BCUT2D eigenvalue weighted by molar-refractivity contribution is 9.10. The standard InChI is InChI=1S/C8H10BrNO2S/c1-4-5(9)3-13-6(4)8(2,10)7(11)12/h3H,10H2,1-2H3,(H,11,12)/t8-/m0/s1. The molecule has 1 heterocycles. The maximum Gasteiger partial charge on any atom is 0.328 e. The fraction of sp³-hybridized carbons (Fsp3) is 0.375. The molecule has 0 aliphatic heterocycles. The van der Waals surface area contributed by atoms with Crippen molar-refractivity contribution in [1.29, 1.82) is 0 Å². The molecule has 3 N–H and O–H groups in total. The zero-order chi connectivity index (χ0) is 10.2. The van der Waals surface area contributed by atoms with Crippen LogP contribution >= 0.6 is 27.3 Å². The number of carbonyl (C=O) groups is 1. The average molecular weight is 264 g/mol. The van der Waals surface area contributed by atoms with E-state index in [0.717, 1.165) is 10.0 Å². The van der Waals surface area contributed by atoms with Crippen LogP contribution in [0.15, 0.2) is 9.85 Å². The summed E-state index contributed by atoms with van der Waals surface area (Å²) in [6.45, 7) is 3.35. The lowest BCUT2D eigenvalue weighted by molar-refractivity contribution is -0.142. The van der Waals surface area contributed by atoms with Crippen molar-refractivity contribution in [2.45, 2.75) is 19.4 Å². The first-order valence-corrected chi connectivity index (χ1v) is 5.31. The summed E-state index contributed by atoms with van der Waals surface area (Å²) in [6, 6.07) is 0. The first-order chi connectivity index (χ1) is 5.87. The van der Waals surface area contributed by atoms with E-state index in [1.54, 1.807) is 0 Å². The van der Waals surface area contributed by atoms with Gasteiger partial charge in [0.05, 0.1) is 0 Å². The minimum absolute atomic E-state index is 0.687. The number of halogens is 1. The number of thiophene rings is 1. The lowest BCUT2D eigenvalue weighted by Crippen LogP contribution is -2.41. The third kappa shape index (κ3) is 1.77. The van der Waals surface area contributed by atoms with Gasteiger partial charge in [0, 0.05) is 14.7 Å². The molecular weight excluding hydrogens is 254 g/mol. The Kier molecular flexibility index (Phi) is 2.79. The highest BCUT2D eigenvalue weighted by Crippen LogP contribution is 2.33. The topological polar surface area (TPSA) is 63.3 Å². The van der Waals surface area contributed by atoms with Gasteiger partial charge in [0.15, 0.2) is 0 Å². The minimum atomic E-state index is -1.29. The summed E-state index contributed by atoms with van der Waals surface area (Å²) in [5.74, 6) is -1.01. The van der Waals surface area contributed by atoms with Crippen molar-refractivity contribution in [3.63, 3.8) is 0 Å². The van der Waals surface area contributed by atoms with Crippen molar-refractivity contribution in [2.75, 3.05) is 0 Å². The average Bonchev–Trinajstić information content (AvgIpc) is 2.33. The van der Waals surface area contributed by atoms with Gasteiger partial charge in [0.2, 0.25) is 0 Å². The molecular formula is C8H10BrNO2S. The predicted octanol–water partition coefficient (Wildman–Crippen LogP) is 2.08. The number of hydrogen-bond acceptors (Lipinski definition) is 3. The van der Waals surface area contributed by atoms with Crippen molar-refractivity contribution in [1.82, 2.24) is 0 Å². The van der Waals surface area contributed by atoms with Gasteiger partial charge in [-0.1, -0.05) is 0 Å². The van der Waals surface area contributed by atoms with Crippen LogP contribution < -0.4 is 5.73 Å². The van der Waals surface area contributed by atoms with E-state index in [2.05, 4.69) is 15.9 Å². The van der Waals surface area contributed by atoms with Crippen molar-refractivity contribution in [3.05, 3.63) is 20.3 Å². The molecule has 5 heteroatoms. The zero-order valence-corrected chi connectivity index (χ0v) is 9.70. The number of nitrogens with two attached hydrogens (primary N) is 1. The number of rotatable bonds is 2. The summed E-state index contributed by atoms with van der Waals surface area (Å²) in [7, 11) is 0. The molecule has 3 nitrogen and oxygen atoms in total. The Hall–Kier alpha value is -0.390. The smallest absolute Gasteiger partial charge is 0.328 e. The third-order valence-electron chi connectivity index (χ3n) is 1.90. The Morgan fingerprint density at radius 2 is 2.31 bits per heavy atom. The molecule has 0 aliphatic carbocycles. The fourth-order valence-electron chi connectivity index (χ4n) is 1.00. The van der Waals surface area contributed by atoms with E-state index in [1.807, 2.05) is 12.3 Å². The maximum atomic E-state index is 10.8. The molecule has 1 aromatic heterocycles. The molecule has 1 atom stereocenters. The van der Waals surface area contributed by atoms with Crippen molar-refractivity contribution in [3.8, 4) is 0 Å². The monoisotopic (exact) mass is 263 g/mol. The lowest BCUT2D eigenvalue weighted by atomic mass is 9.99. The van der Waals surface area contributed by atoms with E-state index in [9.17, 15) is 4.79 Å². The molecule has 0 bridgehead atoms. The first kappa shape index (κ1) is 10.7. The second-order valence-electron chi connectivity index (χ2n) is 3.05. The minimum Gasteiger partial charge on any atom is -0.480 e. The molecule has 1 aromatic rings. The van der Waals surface area contributed by atoms with Crippen molar-refractivity contribution in [2.24, 2.45) is 5.73 Å². The quantitative estimate of drug-likeness (QED) is 0.859. The third-order valence-corrected chi connectivity index (χ3v) is 4.34. The van der Waals surface area contributed by atoms with Crippen LogP contribution in [0.3, 0.4) is 0 Å². The highest BCUT2D eigenvalue weighted by atomic mass is 79.9. The molecule has 13 heavy (non-hydrogen) atoms. The van der Waals surface area contributed by atoms with Crippen LogP contribution in [0.1, 0.15) is 17.4 Å². The Bertz CT molecular complexity index is 346. The summed E-state index contributed by atoms with van der Waals surface area (Å²) in [4.78, 5) is 11.5. The van der Waals surface area contributed by atoms with Gasteiger partial charge >= 0.3 is 5.97 Å². The molecule has 0 unspecified atom stereocenters. The van der Waals surface area contributed by atoms with Crippen LogP contribution in [-0.2, 0) is 10.3 Å². The molecule has 0 amide bonds. The lowest BCUT2D eigenvalue weighted by Gasteiger charge is -2.18. The summed E-state index contributed by atoms with van der Waals surface area (Å²) in [6.07, 6.45) is 0. The van der Waals surface area contributed by atoms with Crippen molar-refractivity contribution >= 4 is 33.2 Å². The largest absolute Gasteiger partial charge is 0.480 e. The molecule has 0 aromatic carbocycles. The maximum absolute atomic E-state index is 10.8. The molecule has 0 radical (unpaired) electrons. The van der Waals surface area contributed by atoms with E-state index >= 15 is 0 Å². The van der Waals surface area contributed by atoms with Gasteiger partial charge in [-0.25, -0.2) is 4.79 Å². The van der Waals surface area contributed by atoms with E-state index in [0.29, 0.717) is 4.88 Å². The second kappa shape index (κ2) is 3.40. The summed E-state index contributed by atoms with van der Waals surface area (Å²) >= 11 is 4.68. The van der Waals surface area contributed by atoms with E-state index in [1.165, 1.54) is 18.3 Å². The summed E-state index contributed by atoms with van der Waals surface area (Å²) < 4.78 is 0.908. The molecule has 0 aliphatic rings. The van der Waals surface area contributed by atoms with Gasteiger partial charge in [-0.2, -0.15) is 0 Å². The molecule has 0 saturated carbocycles. The van der Waals surface area contributed by atoms with Gasteiger partial charge in [-0.05, 0) is 35.3 Å². The van der Waals surface area contributed by atoms with E-state index in [4.69, 9.17) is 10.8 Å². The molecule has 0 spiro atoms. The fourth-order valence-corrected chi connectivity index (χ4v) is 2.63. The van der Waals surface area contributed by atoms with Crippen LogP contribution in [0.4, 0.5) is 0 Å². The van der Waals surface area contributed by atoms with Crippen LogP contribution in [0.2, 0.25) is 0 Å². The van der Waals surface area contributed by atoms with Gasteiger partial charge in [0.25, 0.3) is 0 Å². The Morgan fingerprint density at radius 3 is 2.62 bits per heavy atom. The van der Waals surface area contributed by atoms with Crippen molar-refractivity contribution < 1.29 is 9.90 Å². The SMILES string of the molecule is Cc1c(Br)csc1[C@](C)(N)C(=O)O. The molecule has 1 rings (SSSR count). The molecule has 0 fully saturated rings. The number of carboxylic acids is 1. The van der Waals surface area contributed by atoms with Gasteiger partial charge < -0.3 is 10.8 Å². The van der Waals surface area contributed by atoms with Gasteiger partial charge in [-0.15, -0.1) is 11.3 Å². The van der Waals surface area contributed by atoms with Crippen LogP contribution in [-0.4, -0.2) is 11.1 Å². The van der Waals surface area contributed by atoms with Gasteiger partial charge in [0.1, 0.15) is 5.54 Å². The first-order valence-electron chi connectivity index (χ1n) is 3.63. The molecule has 0 saturated heterocycles. The Labute approximate surface area is 88.7 Å². The van der Waals surface area contributed by atoms with Crippen LogP contribution in [0.25, 0.3) is 0 Å². The Morgan fingerprint density at radius 1 is 1.77 bits per heavy atom. The highest BCUT2D eigenvalue weighted by Gasteiger charge is 2.33. The summed E-state index contributed by atoms with van der Waals surface area (Å²) in [5, 5.41) is 10.7. The van der Waals surface area contributed by atoms with Crippen LogP contribution in [0.5, 0.6) is 0 Å².